The highest BCUT2D eigenvalue weighted by Crippen LogP contribution is 2.15. The van der Waals surface area contributed by atoms with Gasteiger partial charge >= 0.3 is 0 Å². The van der Waals surface area contributed by atoms with Crippen LogP contribution in [0, 0.1) is 0 Å². The van der Waals surface area contributed by atoms with Gasteiger partial charge in [0.2, 0.25) is 0 Å². The zero-order chi connectivity index (χ0) is 18.7. The van der Waals surface area contributed by atoms with Crippen LogP contribution < -0.4 is 0 Å². The number of hydrogen-bond acceptors (Lipinski definition) is 3. The molecular formula is C23H44N2O. The minimum atomic E-state index is 0.241. The predicted molar refractivity (Wildman–Crippen MR) is 115 cm³/mol. The SMILES string of the molecule is CCCCCCCCCC/C=C/CCCCCCC1N=CCN1CCO. The standard InChI is InChI=1S/C23H44N2O/c1-2-3-4-5-6-7-8-9-10-11-12-13-14-15-16-17-18-23-24-19-20-25(23)21-22-26/h11-12,19,23,26H,2-10,13-18,20-22H2,1H3/b12-11+. The van der Waals surface area contributed by atoms with Gasteiger partial charge in [-0.3, -0.25) is 9.89 Å². The van der Waals surface area contributed by atoms with E-state index in [4.69, 9.17) is 5.11 Å². The van der Waals surface area contributed by atoms with Crippen molar-refractivity contribution in [3.63, 3.8) is 0 Å². The van der Waals surface area contributed by atoms with Gasteiger partial charge in [0.1, 0.15) is 6.17 Å². The van der Waals surface area contributed by atoms with Crippen molar-refractivity contribution >= 4 is 6.21 Å². The van der Waals surface area contributed by atoms with E-state index < -0.39 is 0 Å². The van der Waals surface area contributed by atoms with E-state index in [9.17, 15) is 0 Å². The van der Waals surface area contributed by atoms with E-state index in [1.807, 2.05) is 6.21 Å². The third-order valence-electron chi connectivity index (χ3n) is 5.38. The van der Waals surface area contributed by atoms with Crippen molar-refractivity contribution in [2.24, 2.45) is 4.99 Å². The number of hydrogen-bond donors (Lipinski definition) is 1. The Morgan fingerprint density at radius 1 is 0.885 bits per heavy atom. The van der Waals surface area contributed by atoms with Gasteiger partial charge in [-0.1, -0.05) is 76.9 Å². The first-order valence-corrected chi connectivity index (χ1v) is 11.4. The molecule has 3 heteroatoms. The Kier molecular flexibility index (Phi) is 15.9. The third-order valence-corrected chi connectivity index (χ3v) is 5.38. The molecular weight excluding hydrogens is 320 g/mol. The molecule has 0 fully saturated rings. The second kappa shape index (κ2) is 17.7. The van der Waals surface area contributed by atoms with Crippen LogP contribution in [0.4, 0.5) is 0 Å². The molecule has 0 amide bonds. The number of allylic oxidation sites excluding steroid dienone is 2. The topological polar surface area (TPSA) is 35.8 Å². The van der Waals surface area contributed by atoms with Gasteiger partial charge in [0.05, 0.1) is 6.61 Å². The van der Waals surface area contributed by atoms with Crippen LogP contribution >= 0.6 is 0 Å². The van der Waals surface area contributed by atoms with E-state index in [0.29, 0.717) is 6.17 Å². The molecule has 1 atom stereocenters. The van der Waals surface area contributed by atoms with E-state index in [-0.39, 0.29) is 6.61 Å². The highest BCUT2D eigenvalue weighted by atomic mass is 16.3. The molecule has 0 aromatic rings. The number of β-amino-alcohol motifs (C(OH)–C–C–N with tert-alkyl or cyclic N) is 1. The second-order valence-electron chi connectivity index (χ2n) is 7.76. The molecule has 0 saturated heterocycles. The number of nitrogens with zero attached hydrogens (tertiary/aromatic N) is 2. The normalized spacial score (nSPS) is 17.7. The van der Waals surface area contributed by atoms with Crippen LogP contribution in [0.25, 0.3) is 0 Å². The Balaban J connectivity index is 1.80. The van der Waals surface area contributed by atoms with Crippen molar-refractivity contribution in [2.45, 2.75) is 109 Å². The molecule has 1 N–H and O–H groups in total. The van der Waals surface area contributed by atoms with E-state index in [1.54, 1.807) is 0 Å². The average Bonchev–Trinajstić information content (AvgIpc) is 3.09. The molecule has 0 saturated carbocycles. The molecule has 0 aromatic heterocycles. The molecule has 1 heterocycles. The van der Waals surface area contributed by atoms with Crippen molar-refractivity contribution in [3.05, 3.63) is 12.2 Å². The quantitative estimate of drug-likeness (QED) is 0.235. The van der Waals surface area contributed by atoms with Gasteiger partial charge in [0.25, 0.3) is 0 Å². The van der Waals surface area contributed by atoms with Crippen molar-refractivity contribution in [3.8, 4) is 0 Å². The molecule has 3 nitrogen and oxygen atoms in total. The first kappa shape index (κ1) is 23.4. The van der Waals surface area contributed by atoms with Crippen LogP contribution in [0.1, 0.15) is 103 Å². The first-order chi connectivity index (χ1) is 12.9. The molecule has 0 spiro atoms. The van der Waals surface area contributed by atoms with Crippen molar-refractivity contribution in [1.82, 2.24) is 4.90 Å². The molecule has 1 aliphatic rings. The van der Waals surface area contributed by atoms with Crippen LogP contribution in [-0.2, 0) is 0 Å². The second-order valence-corrected chi connectivity index (χ2v) is 7.76. The highest BCUT2D eigenvalue weighted by molar-refractivity contribution is 5.62. The summed E-state index contributed by atoms with van der Waals surface area (Å²) in [5.41, 5.74) is 0. The fourth-order valence-electron chi connectivity index (χ4n) is 3.69. The molecule has 0 bridgehead atoms. The van der Waals surface area contributed by atoms with E-state index >= 15 is 0 Å². The predicted octanol–water partition coefficient (Wildman–Crippen LogP) is 6.12. The van der Waals surface area contributed by atoms with Crippen molar-refractivity contribution in [1.29, 1.82) is 0 Å². The Bertz CT molecular complexity index is 354. The fourth-order valence-corrected chi connectivity index (χ4v) is 3.69. The summed E-state index contributed by atoms with van der Waals surface area (Å²) in [6, 6.07) is 0. The maximum atomic E-state index is 9.05. The minimum absolute atomic E-state index is 0.241. The number of rotatable bonds is 18. The molecule has 1 unspecified atom stereocenters. The Morgan fingerprint density at radius 3 is 2.08 bits per heavy atom. The lowest BCUT2D eigenvalue weighted by Gasteiger charge is -2.21. The van der Waals surface area contributed by atoms with Crippen LogP contribution in [0.2, 0.25) is 0 Å². The average molecular weight is 365 g/mol. The van der Waals surface area contributed by atoms with Gasteiger partial charge in [-0.25, -0.2) is 0 Å². The summed E-state index contributed by atoms with van der Waals surface area (Å²) in [6.07, 6.45) is 27.3. The first-order valence-electron chi connectivity index (χ1n) is 11.4. The van der Waals surface area contributed by atoms with E-state index in [1.165, 1.54) is 89.9 Å². The van der Waals surface area contributed by atoms with E-state index in [0.717, 1.165) is 19.5 Å². The maximum Gasteiger partial charge on any atom is 0.102 e. The third kappa shape index (κ3) is 12.6. The Labute approximate surface area is 163 Å². The lowest BCUT2D eigenvalue weighted by molar-refractivity contribution is 0.176. The van der Waals surface area contributed by atoms with Gasteiger partial charge in [-0.2, -0.15) is 0 Å². The molecule has 26 heavy (non-hydrogen) atoms. The van der Waals surface area contributed by atoms with Gasteiger partial charge in [-0.05, 0) is 38.5 Å². The number of aliphatic imine (C=N–C) groups is 1. The zero-order valence-electron chi connectivity index (χ0n) is 17.4. The van der Waals surface area contributed by atoms with Crippen molar-refractivity contribution in [2.75, 3.05) is 19.7 Å². The summed E-state index contributed by atoms with van der Waals surface area (Å²) in [5, 5.41) is 9.05. The highest BCUT2D eigenvalue weighted by Gasteiger charge is 2.19. The van der Waals surface area contributed by atoms with Gasteiger partial charge in [0.15, 0.2) is 0 Å². The molecule has 1 aliphatic heterocycles. The van der Waals surface area contributed by atoms with Crippen LogP contribution in [-0.4, -0.2) is 42.1 Å². The Morgan fingerprint density at radius 2 is 1.46 bits per heavy atom. The van der Waals surface area contributed by atoms with Gasteiger partial charge in [-0.15, -0.1) is 0 Å². The van der Waals surface area contributed by atoms with Crippen LogP contribution in [0.15, 0.2) is 17.1 Å². The van der Waals surface area contributed by atoms with Crippen LogP contribution in [0.5, 0.6) is 0 Å². The summed E-state index contributed by atoms with van der Waals surface area (Å²) in [6.45, 7) is 4.19. The Hall–Kier alpha value is -0.670. The number of aliphatic hydroxyl groups is 1. The van der Waals surface area contributed by atoms with E-state index in [2.05, 4.69) is 29.0 Å². The molecule has 1 rings (SSSR count). The minimum Gasteiger partial charge on any atom is -0.395 e. The molecule has 0 aromatic carbocycles. The fraction of sp³-hybridized carbons (Fsp3) is 0.870. The summed E-state index contributed by atoms with van der Waals surface area (Å²) < 4.78 is 0. The van der Waals surface area contributed by atoms with Crippen LogP contribution in [0.3, 0.4) is 0 Å². The monoisotopic (exact) mass is 364 g/mol. The summed E-state index contributed by atoms with van der Waals surface area (Å²) in [5.74, 6) is 0. The summed E-state index contributed by atoms with van der Waals surface area (Å²) in [4.78, 5) is 6.79. The lowest BCUT2D eigenvalue weighted by Crippen LogP contribution is -2.32. The zero-order valence-corrected chi connectivity index (χ0v) is 17.4. The number of unbranched alkanes of at least 4 members (excludes halogenated alkanes) is 12. The molecule has 152 valence electrons. The summed E-state index contributed by atoms with van der Waals surface area (Å²) >= 11 is 0. The maximum absolute atomic E-state index is 9.05. The lowest BCUT2D eigenvalue weighted by atomic mass is 10.1. The smallest absolute Gasteiger partial charge is 0.102 e. The van der Waals surface area contributed by atoms with Gasteiger partial charge < -0.3 is 5.11 Å². The van der Waals surface area contributed by atoms with Gasteiger partial charge in [0, 0.05) is 19.3 Å². The molecule has 0 aliphatic carbocycles. The molecule has 0 radical (unpaired) electrons. The summed E-state index contributed by atoms with van der Waals surface area (Å²) in [7, 11) is 0. The largest absolute Gasteiger partial charge is 0.395 e. The number of aliphatic hydroxyl groups excluding tert-OH is 1. The van der Waals surface area contributed by atoms with Crippen molar-refractivity contribution < 1.29 is 5.11 Å².